The standard InChI is InChI=1S/C23H29N3O2/c27-21-10-4-2-7-18(21)8-5-14-24-22-12-11-19(16-25-22)23(28)26-15-13-17-6-1-3-9-20(17)26/h1,3,6,9,11-12,16,18,21,27H,2,4-5,7-8,10,13-15H2,(H,24,25). The van der Waals surface area contributed by atoms with Crippen molar-refractivity contribution in [1.82, 2.24) is 4.98 Å². The van der Waals surface area contributed by atoms with Crippen LogP contribution in [-0.4, -0.2) is 35.2 Å². The lowest BCUT2D eigenvalue weighted by Crippen LogP contribution is -2.29. The number of aliphatic hydroxyl groups is 1. The molecule has 28 heavy (non-hydrogen) atoms. The Hall–Kier alpha value is -2.40. The molecular weight excluding hydrogens is 350 g/mol. The molecule has 1 saturated carbocycles. The van der Waals surface area contributed by atoms with E-state index in [0.717, 1.165) is 63.1 Å². The molecule has 1 aromatic heterocycles. The molecule has 2 aliphatic rings. The van der Waals surface area contributed by atoms with E-state index < -0.39 is 0 Å². The van der Waals surface area contributed by atoms with Gasteiger partial charge in [-0.1, -0.05) is 31.0 Å². The summed E-state index contributed by atoms with van der Waals surface area (Å²) in [5, 5.41) is 13.4. The molecule has 1 aliphatic heterocycles. The van der Waals surface area contributed by atoms with E-state index in [4.69, 9.17) is 0 Å². The third-order valence-electron chi connectivity index (χ3n) is 6.07. The maximum absolute atomic E-state index is 12.8. The van der Waals surface area contributed by atoms with Crippen LogP contribution in [0.15, 0.2) is 42.6 Å². The highest BCUT2D eigenvalue weighted by molar-refractivity contribution is 6.07. The number of aliphatic hydroxyl groups excluding tert-OH is 1. The number of carbonyl (C=O) groups is 1. The minimum Gasteiger partial charge on any atom is -0.393 e. The first kappa shape index (κ1) is 18.9. The predicted molar refractivity (Wildman–Crippen MR) is 112 cm³/mol. The molecule has 2 unspecified atom stereocenters. The third kappa shape index (κ3) is 4.20. The number of fused-ring (bicyclic) bond motifs is 1. The van der Waals surface area contributed by atoms with Crippen molar-refractivity contribution < 1.29 is 9.90 Å². The van der Waals surface area contributed by atoms with E-state index in [9.17, 15) is 9.90 Å². The Bertz CT molecular complexity index is 806. The van der Waals surface area contributed by atoms with Gasteiger partial charge < -0.3 is 15.3 Å². The van der Waals surface area contributed by atoms with Gasteiger partial charge in [0.2, 0.25) is 0 Å². The highest BCUT2D eigenvalue weighted by Crippen LogP contribution is 2.29. The normalized spacial score (nSPS) is 21.4. The molecule has 0 spiro atoms. The van der Waals surface area contributed by atoms with Gasteiger partial charge in [0.25, 0.3) is 5.91 Å². The van der Waals surface area contributed by atoms with E-state index in [2.05, 4.69) is 16.4 Å². The average Bonchev–Trinajstić information content (AvgIpc) is 3.16. The molecule has 1 aliphatic carbocycles. The second-order valence-electron chi connectivity index (χ2n) is 7.95. The fourth-order valence-corrected chi connectivity index (χ4v) is 4.44. The van der Waals surface area contributed by atoms with Gasteiger partial charge >= 0.3 is 0 Å². The van der Waals surface area contributed by atoms with Crippen molar-refractivity contribution in [3.05, 3.63) is 53.7 Å². The van der Waals surface area contributed by atoms with Crippen molar-refractivity contribution >= 4 is 17.4 Å². The van der Waals surface area contributed by atoms with Crippen LogP contribution in [0.5, 0.6) is 0 Å². The highest BCUT2D eigenvalue weighted by atomic mass is 16.3. The van der Waals surface area contributed by atoms with Crippen LogP contribution in [0.25, 0.3) is 0 Å². The van der Waals surface area contributed by atoms with Crippen LogP contribution in [0.2, 0.25) is 0 Å². The minimum absolute atomic E-state index is 0.00952. The van der Waals surface area contributed by atoms with Gasteiger partial charge in [-0.25, -0.2) is 4.98 Å². The van der Waals surface area contributed by atoms with Crippen LogP contribution in [0.4, 0.5) is 11.5 Å². The quantitative estimate of drug-likeness (QED) is 0.744. The average molecular weight is 380 g/mol. The lowest BCUT2D eigenvalue weighted by Gasteiger charge is -2.27. The number of carbonyl (C=O) groups excluding carboxylic acids is 1. The molecular formula is C23H29N3O2. The molecule has 1 fully saturated rings. The van der Waals surface area contributed by atoms with Gasteiger partial charge in [-0.05, 0) is 61.8 Å². The van der Waals surface area contributed by atoms with Crippen molar-refractivity contribution in [3.8, 4) is 0 Å². The summed E-state index contributed by atoms with van der Waals surface area (Å²) in [5.41, 5.74) is 2.86. The zero-order valence-electron chi connectivity index (χ0n) is 16.3. The number of pyridine rings is 1. The summed E-state index contributed by atoms with van der Waals surface area (Å²) >= 11 is 0. The fraction of sp³-hybridized carbons (Fsp3) is 0.478. The van der Waals surface area contributed by atoms with Crippen molar-refractivity contribution in [2.24, 2.45) is 5.92 Å². The number of anilines is 2. The van der Waals surface area contributed by atoms with Crippen molar-refractivity contribution in [2.75, 3.05) is 23.3 Å². The van der Waals surface area contributed by atoms with Crippen LogP contribution in [0.3, 0.4) is 0 Å². The second kappa shape index (κ2) is 8.74. The lowest BCUT2D eigenvalue weighted by atomic mass is 9.83. The zero-order chi connectivity index (χ0) is 19.3. The number of hydrogen-bond donors (Lipinski definition) is 2. The molecule has 1 amide bonds. The predicted octanol–water partition coefficient (Wildman–Crippen LogP) is 4.03. The molecule has 0 saturated heterocycles. The Morgan fingerprint density at radius 2 is 2.04 bits per heavy atom. The maximum atomic E-state index is 12.8. The first-order valence-electron chi connectivity index (χ1n) is 10.5. The van der Waals surface area contributed by atoms with E-state index in [1.807, 2.05) is 35.2 Å². The van der Waals surface area contributed by atoms with E-state index >= 15 is 0 Å². The first-order valence-corrected chi connectivity index (χ1v) is 10.5. The van der Waals surface area contributed by atoms with Crippen LogP contribution < -0.4 is 10.2 Å². The summed E-state index contributed by atoms with van der Waals surface area (Å²) in [6.45, 7) is 1.56. The Morgan fingerprint density at radius 3 is 2.86 bits per heavy atom. The van der Waals surface area contributed by atoms with Gasteiger partial charge in [-0.2, -0.15) is 0 Å². The SMILES string of the molecule is O=C(c1ccc(NCCCC2CCCCC2O)nc1)N1CCc2ccccc21. The lowest BCUT2D eigenvalue weighted by molar-refractivity contribution is 0.0648. The maximum Gasteiger partial charge on any atom is 0.259 e. The van der Waals surface area contributed by atoms with E-state index in [1.54, 1.807) is 6.20 Å². The highest BCUT2D eigenvalue weighted by Gasteiger charge is 2.25. The van der Waals surface area contributed by atoms with Crippen LogP contribution in [-0.2, 0) is 6.42 Å². The summed E-state index contributed by atoms with van der Waals surface area (Å²) in [7, 11) is 0. The Labute approximate surface area is 166 Å². The van der Waals surface area contributed by atoms with Gasteiger partial charge in [0.05, 0.1) is 11.7 Å². The van der Waals surface area contributed by atoms with Crippen LogP contribution in [0, 0.1) is 5.92 Å². The van der Waals surface area contributed by atoms with Gasteiger partial charge in [0.1, 0.15) is 5.82 Å². The summed E-state index contributed by atoms with van der Waals surface area (Å²) in [6.07, 6.45) is 9.04. The summed E-state index contributed by atoms with van der Waals surface area (Å²) in [5.74, 6) is 1.25. The molecule has 148 valence electrons. The van der Waals surface area contributed by atoms with Crippen molar-refractivity contribution in [2.45, 2.75) is 51.0 Å². The fourth-order valence-electron chi connectivity index (χ4n) is 4.44. The second-order valence-corrected chi connectivity index (χ2v) is 7.95. The number of hydrogen-bond acceptors (Lipinski definition) is 4. The van der Waals surface area contributed by atoms with Gasteiger partial charge in [0, 0.05) is 25.0 Å². The first-order chi connectivity index (χ1) is 13.7. The van der Waals surface area contributed by atoms with Crippen molar-refractivity contribution in [1.29, 1.82) is 0 Å². The van der Waals surface area contributed by atoms with Crippen LogP contribution >= 0.6 is 0 Å². The molecule has 5 heteroatoms. The monoisotopic (exact) mass is 379 g/mol. The number of amides is 1. The van der Waals surface area contributed by atoms with Gasteiger partial charge in [-0.15, -0.1) is 0 Å². The summed E-state index contributed by atoms with van der Waals surface area (Å²) < 4.78 is 0. The molecule has 0 bridgehead atoms. The molecule has 0 radical (unpaired) electrons. The van der Waals surface area contributed by atoms with Crippen molar-refractivity contribution in [3.63, 3.8) is 0 Å². The number of para-hydroxylation sites is 1. The Morgan fingerprint density at radius 1 is 1.18 bits per heavy atom. The molecule has 4 rings (SSSR count). The van der Waals surface area contributed by atoms with Crippen LogP contribution in [0.1, 0.15) is 54.4 Å². The van der Waals surface area contributed by atoms with Gasteiger partial charge in [0.15, 0.2) is 0 Å². The minimum atomic E-state index is -0.118. The molecule has 2 N–H and O–H groups in total. The molecule has 2 atom stereocenters. The Balaban J connectivity index is 1.28. The van der Waals surface area contributed by atoms with Gasteiger partial charge in [-0.3, -0.25) is 4.79 Å². The third-order valence-corrected chi connectivity index (χ3v) is 6.07. The summed E-state index contributed by atoms with van der Waals surface area (Å²) in [6, 6.07) is 11.8. The van der Waals surface area contributed by atoms with E-state index in [-0.39, 0.29) is 12.0 Å². The van der Waals surface area contributed by atoms with E-state index in [0.29, 0.717) is 11.5 Å². The number of rotatable bonds is 6. The summed E-state index contributed by atoms with van der Waals surface area (Å²) in [4.78, 5) is 19.1. The number of nitrogens with zero attached hydrogens (tertiary/aromatic N) is 2. The van der Waals surface area contributed by atoms with E-state index in [1.165, 1.54) is 12.0 Å². The molecule has 5 nitrogen and oxygen atoms in total. The number of aromatic nitrogens is 1. The number of benzene rings is 1. The molecule has 2 heterocycles. The topological polar surface area (TPSA) is 65.5 Å². The number of nitrogens with one attached hydrogen (secondary N) is 1. The largest absolute Gasteiger partial charge is 0.393 e. The molecule has 2 aromatic rings. The molecule has 1 aromatic carbocycles. The Kier molecular flexibility index (Phi) is 5.91. The zero-order valence-corrected chi connectivity index (χ0v) is 16.3. The smallest absolute Gasteiger partial charge is 0.259 e.